The molecule has 28 heavy (non-hydrogen) atoms. The summed E-state index contributed by atoms with van der Waals surface area (Å²) in [5.41, 5.74) is 1.38. The van der Waals surface area contributed by atoms with Crippen LogP contribution in [0.3, 0.4) is 0 Å². The number of benzene rings is 2. The fourth-order valence-electron chi connectivity index (χ4n) is 2.85. The quantitative estimate of drug-likeness (QED) is 0.662. The fraction of sp³-hybridized carbons (Fsp3) is 0.143. The van der Waals surface area contributed by atoms with Gasteiger partial charge in [0.05, 0.1) is 18.4 Å². The molecule has 0 bridgehead atoms. The van der Waals surface area contributed by atoms with E-state index in [0.29, 0.717) is 23.9 Å². The van der Waals surface area contributed by atoms with E-state index < -0.39 is 0 Å². The molecule has 7 heteroatoms. The highest BCUT2D eigenvalue weighted by Gasteiger charge is 2.21. The summed E-state index contributed by atoms with van der Waals surface area (Å²) in [4.78, 5) is 12.1. The minimum atomic E-state index is -0.259. The number of aromatic nitrogens is 2. The molecule has 0 aliphatic carbocycles. The Hall–Kier alpha value is -3.25. The molecule has 6 nitrogen and oxygen atoms in total. The maximum absolute atomic E-state index is 12.1. The van der Waals surface area contributed by atoms with E-state index in [2.05, 4.69) is 10.4 Å². The third-order valence-corrected chi connectivity index (χ3v) is 4.52. The van der Waals surface area contributed by atoms with Crippen molar-refractivity contribution in [3.63, 3.8) is 0 Å². The molecule has 1 N–H and O–H groups in total. The number of hydrogen-bond donors (Lipinski definition) is 1. The zero-order valence-electron chi connectivity index (χ0n) is 14.9. The number of hydrogen-bond acceptors (Lipinski definition) is 4. The Morgan fingerprint density at radius 2 is 2.00 bits per heavy atom. The molecule has 142 valence electrons. The highest BCUT2D eigenvalue weighted by atomic mass is 35.5. The molecule has 4 rings (SSSR count). The van der Waals surface area contributed by atoms with Gasteiger partial charge in [-0.2, -0.15) is 5.10 Å². The fourth-order valence-corrected chi connectivity index (χ4v) is 3.05. The molecule has 1 aromatic heterocycles. The first-order valence-corrected chi connectivity index (χ1v) is 9.20. The predicted octanol–water partition coefficient (Wildman–Crippen LogP) is 4.03. The number of nitrogens with zero attached hydrogens (tertiary/aromatic N) is 2. The van der Waals surface area contributed by atoms with E-state index in [9.17, 15) is 4.79 Å². The van der Waals surface area contributed by atoms with E-state index in [1.54, 1.807) is 29.2 Å². The Morgan fingerprint density at radius 1 is 1.21 bits per heavy atom. The van der Waals surface area contributed by atoms with Crippen molar-refractivity contribution in [2.45, 2.75) is 12.6 Å². The number of halogens is 1. The van der Waals surface area contributed by atoms with E-state index in [4.69, 9.17) is 21.1 Å². The van der Waals surface area contributed by atoms with Gasteiger partial charge in [0.1, 0.15) is 6.61 Å². The largest absolute Gasteiger partial charge is 0.486 e. The number of nitrogens with one attached hydrogen (secondary N) is 1. The van der Waals surface area contributed by atoms with Crippen LogP contribution >= 0.6 is 11.6 Å². The number of rotatable bonds is 5. The average molecular weight is 396 g/mol. The zero-order valence-corrected chi connectivity index (χ0v) is 15.7. The second-order valence-corrected chi connectivity index (χ2v) is 6.70. The highest BCUT2D eigenvalue weighted by molar-refractivity contribution is 6.32. The van der Waals surface area contributed by atoms with Crippen molar-refractivity contribution in [2.24, 2.45) is 0 Å². The molecule has 2 heterocycles. The summed E-state index contributed by atoms with van der Waals surface area (Å²) in [5.74, 6) is 1.22. The molecule has 0 radical (unpaired) electrons. The van der Waals surface area contributed by atoms with E-state index in [-0.39, 0.29) is 12.0 Å². The van der Waals surface area contributed by atoms with Gasteiger partial charge in [-0.15, -0.1) is 0 Å². The van der Waals surface area contributed by atoms with Gasteiger partial charge < -0.3 is 14.8 Å². The number of carbonyl (C=O) groups excluding carboxylic acids is 1. The number of amides is 1. The van der Waals surface area contributed by atoms with Crippen LogP contribution in [0.15, 0.2) is 67.0 Å². The smallest absolute Gasteiger partial charge is 0.248 e. The van der Waals surface area contributed by atoms with Gasteiger partial charge in [-0.05, 0) is 29.8 Å². The normalized spacial score (nSPS) is 15.5. The van der Waals surface area contributed by atoms with Gasteiger partial charge in [-0.1, -0.05) is 41.9 Å². The van der Waals surface area contributed by atoms with Crippen LogP contribution in [0.1, 0.15) is 5.56 Å². The second-order valence-electron chi connectivity index (χ2n) is 6.29. The van der Waals surface area contributed by atoms with Gasteiger partial charge in [0, 0.05) is 17.3 Å². The molecule has 0 saturated heterocycles. The molecule has 0 saturated carbocycles. The van der Waals surface area contributed by atoms with Crippen molar-refractivity contribution in [3.05, 3.63) is 77.6 Å². The van der Waals surface area contributed by atoms with Crippen molar-refractivity contribution in [1.82, 2.24) is 9.78 Å². The predicted molar refractivity (Wildman–Crippen MR) is 108 cm³/mol. The lowest BCUT2D eigenvalue weighted by atomic mass is 10.2. The number of ether oxygens (including phenoxy) is 2. The summed E-state index contributed by atoms with van der Waals surface area (Å²) in [6.07, 6.45) is 6.31. The lowest BCUT2D eigenvalue weighted by Crippen LogP contribution is -2.33. The van der Waals surface area contributed by atoms with Gasteiger partial charge in [-0.3, -0.25) is 9.48 Å². The van der Waals surface area contributed by atoms with Crippen LogP contribution in [0, 0.1) is 0 Å². The Balaban J connectivity index is 1.33. The van der Waals surface area contributed by atoms with Crippen molar-refractivity contribution in [3.8, 4) is 11.5 Å². The van der Waals surface area contributed by atoms with Gasteiger partial charge in [-0.25, -0.2) is 0 Å². The van der Waals surface area contributed by atoms with Crippen molar-refractivity contribution >= 4 is 29.3 Å². The maximum Gasteiger partial charge on any atom is 0.248 e. The second kappa shape index (κ2) is 8.19. The van der Waals surface area contributed by atoms with Gasteiger partial charge in [0.2, 0.25) is 5.91 Å². The van der Waals surface area contributed by atoms with Crippen molar-refractivity contribution < 1.29 is 14.3 Å². The number of carbonyl (C=O) groups is 1. The molecule has 0 unspecified atom stereocenters. The van der Waals surface area contributed by atoms with Crippen LogP contribution in [0.25, 0.3) is 6.08 Å². The molecular weight excluding hydrogens is 378 g/mol. The van der Waals surface area contributed by atoms with Crippen LogP contribution in [0.2, 0.25) is 5.02 Å². The topological polar surface area (TPSA) is 65.4 Å². The van der Waals surface area contributed by atoms with Crippen LogP contribution in [-0.4, -0.2) is 28.4 Å². The summed E-state index contributed by atoms with van der Waals surface area (Å²) in [6.45, 7) is 0.957. The Labute approximate surface area is 167 Å². The molecule has 1 aliphatic heterocycles. The van der Waals surface area contributed by atoms with Crippen molar-refractivity contribution in [2.75, 3.05) is 11.9 Å². The minimum absolute atomic E-state index is 0.154. The van der Waals surface area contributed by atoms with Crippen molar-refractivity contribution in [1.29, 1.82) is 0 Å². The Kier molecular flexibility index (Phi) is 5.30. The SMILES string of the molecule is O=C(/C=C/c1ccccc1Cl)Nc1cnn(C[C@@H]2COc3ccccc3O2)c1. The van der Waals surface area contributed by atoms with Crippen LogP contribution < -0.4 is 14.8 Å². The first-order chi connectivity index (χ1) is 13.7. The third kappa shape index (κ3) is 4.35. The van der Waals surface area contributed by atoms with E-state index >= 15 is 0 Å². The van der Waals surface area contributed by atoms with E-state index in [1.165, 1.54) is 6.08 Å². The van der Waals surface area contributed by atoms with Gasteiger partial charge in [0.25, 0.3) is 0 Å². The Bertz CT molecular complexity index is 1020. The molecule has 1 atom stereocenters. The summed E-state index contributed by atoms with van der Waals surface area (Å²) >= 11 is 6.08. The highest BCUT2D eigenvalue weighted by Crippen LogP contribution is 2.31. The monoisotopic (exact) mass is 395 g/mol. The summed E-state index contributed by atoms with van der Waals surface area (Å²) in [6, 6.07) is 14.9. The van der Waals surface area contributed by atoms with E-state index in [0.717, 1.165) is 17.1 Å². The molecule has 0 spiro atoms. The first-order valence-electron chi connectivity index (χ1n) is 8.82. The molecule has 2 aromatic carbocycles. The standard InChI is InChI=1S/C21H18ClN3O3/c22-18-6-2-1-5-15(18)9-10-21(26)24-16-11-23-25(12-16)13-17-14-27-19-7-3-4-8-20(19)28-17/h1-12,17H,13-14H2,(H,24,26)/b10-9+/t17-/m1/s1. The number of anilines is 1. The van der Waals surface area contributed by atoms with E-state index in [1.807, 2.05) is 42.5 Å². The van der Waals surface area contributed by atoms with Crippen LogP contribution in [0.5, 0.6) is 11.5 Å². The molecule has 1 aliphatic rings. The zero-order chi connectivity index (χ0) is 19.3. The maximum atomic E-state index is 12.1. The third-order valence-electron chi connectivity index (χ3n) is 4.18. The minimum Gasteiger partial charge on any atom is -0.486 e. The molecule has 1 amide bonds. The Morgan fingerprint density at radius 3 is 2.86 bits per heavy atom. The van der Waals surface area contributed by atoms with Gasteiger partial charge >= 0.3 is 0 Å². The lowest BCUT2D eigenvalue weighted by Gasteiger charge is -2.26. The first kappa shape index (κ1) is 18.1. The summed E-state index contributed by atoms with van der Waals surface area (Å²) < 4.78 is 13.4. The van der Waals surface area contributed by atoms with Crippen LogP contribution in [-0.2, 0) is 11.3 Å². The van der Waals surface area contributed by atoms with Gasteiger partial charge in [0.15, 0.2) is 17.6 Å². The number of para-hydroxylation sites is 2. The molecule has 3 aromatic rings. The lowest BCUT2D eigenvalue weighted by molar-refractivity contribution is -0.111. The average Bonchev–Trinajstić information content (AvgIpc) is 3.14. The molecular formula is C21H18ClN3O3. The number of fused-ring (bicyclic) bond motifs is 1. The van der Waals surface area contributed by atoms with Crippen LogP contribution in [0.4, 0.5) is 5.69 Å². The molecule has 0 fully saturated rings. The summed E-state index contributed by atoms with van der Waals surface area (Å²) in [7, 11) is 0. The summed E-state index contributed by atoms with van der Waals surface area (Å²) in [5, 5.41) is 7.65.